The molecule has 3 rings (SSSR count). The van der Waals surface area contributed by atoms with Gasteiger partial charge in [0.1, 0.15) is 6.04 Å². The first-order valence-electron chi connectivity index (χ1n) is 9.85. The van der Waals surface area contributed by atoms with Gasteiger partial charge in [-0.05, 0) is 44.0 Å². The summed E-state index contributed by atoms with van der Waals surface area (Å²) in [5.74, 6) is -3.26. The molecule has 1 aromatic carbocycles. The van der Waals surface area contributed by atoms with E-state index in [4.69, 9.17) is 4.74 Å². The molecule has 160 valence electrons. The third-order valence-electron chi connectivity index (χ3n) is 5.54. The number of imide groups is 1. The first-order chi connectivity index (χ1) is 14.3. The Kier molecular flexibility index (Phi) is 6.49. The molecule has 1 N–H and O–H groups in total. The van der Waals surface area contributed by atoms with Gasteiger partial charge in [-0.1, -0.05) is 12.8 Å². The van der Waals surface area contributed by atoms with Crippen LogP contribution in [0.3, 0.4) is 0 Å². The van der Waals surface area contributed by atoms with Crippen LogP contribution in [0.15, 0.2) is 24.3 Å². The molecule has 0 bridgehead atoms. The maximum Gasteiger partial charge on any atom is 0.337 e. The van der Waals surface area contributed by atoms with Crippen LogP contribution in [0.2, 0.25) is 0 Å². The Morgan fingerprint density at radius 2 is 1.63 bits per heavy atom. The molecule has 3 atom stereocenters. The highest BCUT2D eigenvalue weighted by Crippen LogP contribution is 2.38. The van der Waals surface area contributed by atoms with Crippen molar-refractivity contribution in [3.05, 3.63) is 29.8 Å². The highest BCUT2D eigenvalue weighted by Gasteiger charge is 2.51. The number of carbonyl (C=O) groups excluding carboxylic acids is 5. The van der Waals surface area contributed by atoms with E-state index < -0.39 is 30.5 Å². The summed E-state index contributed by atoms with van der Waals surface area (Å²) in [4.78, 5) is 61.9. The topological polar surface area (TPSA) is 119 Å². The molecule has 0 unspecified atom stereocenters. The normalized spacial score (nSPS) is 21.6. The number of fused-ring (bicyclic) bond motifs is 1. The molecular weight excluding hydrogens is 392 g/mol. The van der Waals surface area contributed by atoms with Crippen molar-refractivity contribution in [1.82, 2.24) is 4.90 Å². The number of hydrogen-bond acceptors (Lipinski definition) is 7. The van der Waals surface area contributed by atoms with Gasteiger partial charge in [0.15, 0.2) is 6.61 Å². The zero-order valence-corrected chi connectivity index (χ0v) is 16.9. The van der Waals surface area contributed by atoms with Crippen LogP contribution >= 0.6 is 0 Å². The van der Waals surface area contributed by atoms with E-state index in [0.29, 0.717) is 24.1 Å². The van der Waals surface area contributed by atoms with Gasteiger partial charge >= 0.3 is 11.9 Å². The lowest BCUT2D eigenvalue weighted by Gasteiger charge is -2.21. The second-order valence-corrected chi connectivity index (χ2v) is 7.44. The number of nitrogens with zero attached hydrogens (tertiary/aromatic N) is 1. The van der Waals surface area contributed by atoms with Crippen LogP contribution in [0.1, 0.15) is 43.0 Å². The van der Waals surface area contributed by atoms with Gasteiger partial charge in [0.2, 0.25) is 11.8 Å². The summed E-state index contributed by atoms with van der Waals surface area (Å²) in [5, 5.41) is 2.53. The first-order valence-corrected chi connectivity index (χ1v) is 9.85. The summed E-state index contributed by atoms with van der Waals surface area (Å²) in [6, 6.07) is 4.91. The Morgan fingerprint density at radius 1 is 1.07 bits per heavy atom. The second-order valence-electron chi connectivity index (χ2n) is 7.44. The summed E-state index contributed by atoms with van der Waals surface area (Å²) >= 11 is 0. The van der Waals surface area contributed by atoms with Crippen LogP contribution in [0, 0.1) is 11.8 Å². The van der Waals surface area contributed by atoms with Crippen LogP contribution in [-0.2, 0) is 28.7 Å². The van der Waals surface area contributed by atoms with Crippen LogP contribution in [-0.4, -0.2) is 54.3 Å². The zero-order valence-electron chi connectivity index (χ0n) is 16.9. The Labute approximate surface area is 173 Å². The summed E-state index contributed by atoms with van der Waals surface area (Å²) in [6.45, 7) is 0.865. The van der Waals surface area contributed by atoms with Gasteiger partial charge < -0.3 is 14.8 Å². The number of amides is 3. The van der Waals surface area contributed by atoms with E-state index in [9.17, 15) is 24.0 Å². The number of likely N-dealkylation sites (tertiary alicyclic amines) is 1. The molecule has 1 aromatic rings. The molecule has 1 aliphatic heterocycles. The van der Waals surface area contributed by atoms with Crippen molar-refractivity contribution in [2.75, 3.05) is 19.0 Å². The Balaban J connectivity index is 1.52. The fourth-order valence-corrected chi connectivity index (χ4v) is 3.94. The molecule has 0 radical (unpaired) electrons. The summed E-state index contributed by atoms with van der Waals surface area (Å²) in [7, 11) is 1.27. The minimum atomic E-state index is -1.08. The molecule has 9 heteroatoms. The molecule has 1 saturated carbocycles. The van der Waals surface area contributed by atoms with E-state index in [1.54, 1.807) is 0 Å². The lowest BCUT2D eigenvalue weighted by Crippen LogP contribution is -2.45. The lowest BCUT2D eigenvalue weighted by atomic mass is 9.81. The summed E-state index contributed by atoms with van der Waals surface area (Å²) < 4.78 is 9.61. The first kappa shape index (κ1) is 21.5. The number of anilines is 1. The average Bonchev–Trinajstić information content (AvgIpc) is 3.02. The molecule has 0 spiro atoms. The zero-order chi connectivity index (χ0) is 21.8. The van der Waals surface area contributed by atoms with Crippen LogP contribution < -0.4 is 5.32 Å². The lowest BCUT2D eigenvalue weighted by molar-refractivity contribution is -0.159. The van der Waals surface area contributed by atoms with E-state index in [1.807, 2.05) is 0 Å². The molecule has 2 fully saturated rings. The predicted octanol–water partition coefficient (Wildman–Crippen LogP) is 1.52. The fourth-order valence-electron chi connectivity index (χ4n) is 3.94. The standard InChI is InChI=1S/C21H24N2O7/c1-12(23-18(25)15-5-3-4-6-16(15)19(23)26)20(27)30-11-17(24)22-14-9-7-13(8-10-14)21(28)29-2/h7-10,12,15-16H,3-6,11H2,1-2H3,(H,22,24)/t12-,15-,16-/m0/s1. The Morgan fingerprint density at radius 3 is 2.17 bits per heavy atom. The smallest absolute Gasteiger partial charge is 0.337 e. The summed E-state index contributed by atoms with van der Waals surface area (Å²) in [5.41, 5.74) is 0.738. The molecule has 3 amide bonds. The van der Waals surface area contributed by atoms with E-state index in [-0.39, 0.29) is 23.7 Å². The minimum Gasteiger partial charge on any atom is -0.465 e. The quantitative estimate of drug-likeness (QED) is 0.551. The third-order valence-corrected chi connectivity index (χ3v) is 5.54. The van der Waals surface area contributed by atoms with Gasteiger partial charge in [-0.25, -0.2) is 9.59 Å². The number of carbonyl (C=O) groups is 5. The monoisotopic (exact) mass is 416 g/mol. The number of methoxy groups -OCH3 is 1. The van der Waals surface area contributed by atoms with E-state index in [0.717, 1.165) is 17.7 Å². The van der Waals surface area contributed by atoms with Crippen molar-refractivity contribution in [2.24, 2.45) is 11.8 Å². The number of ether oxygens (including phenoxy) is 2. The molecule has 30 heavy (non-hydrogen) atoms. The van der Waals surface area contributed by atoms with Crippen molar-refractivity contribution >= 4 is 35.3 Å². The second kappa shape index (κ2) is 9.06. The van der Waals surface area contributed by atoms with Crippen LogP contribution in [0.25, 0.3) is 0 Å². The van der Waals surface area contributed by atoms with Gasteiger partial charge in [-0.2, -0.15) is 0 Å². The van der Waals surface area contributed by atoms with Crippen molar-refractivity contribution in [3.8, 4) is 0 Å². The maximum absolute atomic E-state index is 12.6. The molecular formula is C21H24N2O7. The Hall–Kier alpha value is -3.23. The van der Waals surface area contributed by atoms with Gasteiger partial charge in [0.25, 0.3) is 5.91 Å². The maximum atomic E-state index is 12.6. The van der Waals surface area contributed by atoms with Gasteiger partial charge in [0, 0.05) is 5.69 Å². The molecule has 1 aliphatic carbocycles. The number of esters is 2. The summed E-state index contributed by atoms with van der Waals surface area (Å²) in [6.07, 6.45) is 3.11. The number of hydrogen-bond donors (Lipinski definition) is 1. The Bertz CT molecular complexity index is 841. The SMILES string of the molecule is COC(=O)c1ccc(NC(=O)COC(=O)[C@H](C)N2C(=O)[C@H]3CCCC[C@@H]3C2=O)cc1. The molecule has 0 aromatic heterocycles. The molecule has 9 nitrogen and oxygen atoms in total. The van der Waals surface area contributed by atoms with Gasteiger partial charge in [0.05, 0.1) is 24.5 Å². The number of rotatable bonds is 6. The predicted molar refractivity (Wildman–Crippen MR) is 104 cm³/mol. The largest absolute Gasteiger partial charge is 0.465 e. The molecule has 1 saturated heterocycles. The van der Waals surface area contributed by atoms with Crippen molar-refractivity contribution in [1.29, 1.82) is 0 Å². The van der Waals surface area contributed by atoms with Gasteiger partial charge in [-0.15, -0.1) is 0 Å². The number of nitrogens with one attached hydrogen (secondary N) is 1. The number of benzene rings is 1. The minimum absolute atomic E-state index is 0.329. The van der Waals surface area contributed by atoms with E-state index >= 15 is 0 Å². The molecule has 1 heterocycles. The van der Waals surface area contributed by atoms with Crippen molar-refractivity contribution < 1.29 is 33.4 Å². The van der Waals surface area contributed by atoms with Crippen LogP contribution in [0.5, 0.6) is 0 Å². The van der Waals surface area contributed by atoms with Gasteiger partial charge in [-0.3, -0.25) is 19.3 Å². The van der Waals surface area contributed by atoms with E-state index in [2.05, 4.69) is 10.1 Å². The van der Waals surface area contributed by atoms with Crippen molar-refractivity contribution in [3.63, 3.8) is 0 Å². The average molecular weight is 416 g/mol. The fraction of sp³-hybridized carbons (Fsp3) is 0.476. The van der Waals surface area contributed by atoms with Crippen molar-refractivity contribution in [2.45, 2.75) is 38.6 Å². The van der Waals surface area contributed by atoms with E-state index in [1.165, 1.54) is 38.3 Å². The van der Waals surface area contributed by atoms with Crippen LogP contribution in [0.4, 0.5) is 5.69 Å². The third kappa shape index (κ3) is 4.34. The molecule has 2 aliphatic rings. The highest BCUT2D eigenvalue weighted by molar-refractivity contribution is 6.08. The highest BCUT2D eigenvalue weighted by atomic mass is 16.5.